The van der Waals surface area contributed by atoms with Crippen molar-refractivity contribution in [2.75, 3.05) is 4.72 Å². The van der Waals surface area contributed by atoms with E-state index < -0.39 is 22.5 Å². The first kappa shape index (κ1) is 15.0. The number of nitrogens with one attached hydrogen (secondary N) is 2. The molecule has 0 spiro atoms. The zero-order chi connectivity index (χ0) is 15.6. The lowest BCUT2D eigenvalue weighted by Gasteiger charge is -2.02. The fourth-order valence-electron chi connectivity index (χ4n) is 1.59. The van der Waals surface area contributed by atoms with Crippen LogP contribution < -0.4 is 4.72 Å². The van der Waals surface area contributed by atoms with Gasteiger partial charge < -0.3 is 5.11 Å². The Labute approximate surface area is 121 Å². The lowest BCUT2D eigenvalue weighted by atomic mass is 10.1. The number of hydrogen-bond acceptors (Lipinski definition) is 5. The van der Waals surface area contributed by atoms with E-state index in [1.807, 2.05) is 13.8 Å². The van der Waals surface area contributed by atoms with E-state index in [-0.39, 0.29) is 16.6 Å². The van der Waals surface area contributed by atoms with Gasteiger partial charge in [-0.3, -0.25) is 19.3 Å². The Morgan fingerprint density at radius 2 is 2.24 bits per heavy atom. The molecular formula is C11H15N5O4S. The summed E-state index contributed by atoms with van der Waals surface area (Å²) in [5, 5.41) is 18.9. The molecular weight excluding hydrogens is 298 g/mol. The van der Waals surface area contributed by atoms with Crippen LogP contribution in [-0.4, -0.2) is 39.5 Å². The molecule has 0 bridgehead atoms. The predicted octanol–water partition coefficient (Wildman–Crippen LogP) is 0.615. The maximum Gasteiger partial charge on any atom is 0.325 e. The van der Waals surface area contributed by atoms with Crippen LogP contribution >= 0.6 is 0 Å². The number of hydrogen-bond donors (Lipinski definition) is 3. The molecule has 10 heteroatoms. The molecule has 0 radical (unpaired) electrons. The van der Waals surface area contributed by atoms with E-state index in [1.54, 1.807) is 6.07 Å². The molecule has 2 rings (SSSR count). The van der Waals surface area contributed by atoms with E-state index >= 15 is 0 Å². The van der Waals surface area contributed by atoms with Crippen LogP contribution in [0.2, 0.25) is 0 Å². The first-order valence-electron chi connectivity index (χ1n) is 6.10. The van der Waals surface area contributed by atoms with Crippen molar-refractivity contribution in [2.45, 2.75) is 31.2 Å². The Hall–Kier alpha value is -2.36. The van der Waals surface area contributed by atoms with Crippen LogP contribution in [0.15, 0.2) is 23.4 Å². The van der Waals surface area contributed by atoms with Crippen LogP contribution in [0.1, 0.15) is 25.5 Å². The summed E-state index contributed by atoms with van der Waals surface area (Å²) in [6.07, 6.45) is 2.23. The normalized spacial score (nSPS) is 11.8. The number of aromatic amines is 1. The molecule has 0 aliphatic carbocycles. The Morgan fingerprint density at radius 1 is 1.52 bits per heavy atom. The van der Waals surface area contributed by atoms with Gasteiger partial charge in [0.1, 0.15) is 11.4 Å². The molecule has 21 heavy (non-hydrogen) atoms. The fourth-order valence-corrected chi connectivity index (χ4v) is 2.53. The maximum atomic E-state index is 12.1. The van der Waals surface area contributed by atoms with Gasteiger partial charge in [-0.25, -0.2) is 8.42 Å². The average molecular weight is 313 g/mol. The zero-order valence-corrected chi connectivity index (χ0v) is 12.3. The number of rotatable bonds is 6. The quantitative estimate of drug-likeness (QED) is 0.716. The maximum absolute atomic E-state index is 12.1. The molecule has 0 unspecified atom stereocenters. The van der Waals surface area contributed by atoms with Gasteiger partial charge in [0.2, 0.25) is 0 Å². The van der Waals surface area contributed by atoms with Gasteiger partial charge in [-0.05, 0) is 5.92 Å². The number of aliphatic carboxylic acids is 1. The Morgan fingerprint density at radius 3 is 2.81 bits per heavy atom. The minimum absolute atomic E-state index is 0.127. The highest BCUT2D eigenvalue weighted by molar-refractivity contribution is 7.92. The van der Waals surface area contributed by atoms with Crippen LogP contribution in [0.4, 0.5) is 5.82 Å². The first-order valence-corrected chi connectivity index (χ1v) is 7.58. The molecule has 2 heterocycles. The molecule has 0 saturated heterocycles. The summed E-state index contributed by atoms with van der Waals surface area (Å²) in [4.78, 5) is 10.4. The third kappa shape index (κ3) is 3.60. The van der Waals surface area contributed by atoms with Crippen LogP contribution in [0.5, 0.6) is 0 Å². The average Bonchev–Trinajstić information content (AvgIpc) is 2.97. The summed E-state index contributed by atoms with van der Waals surface area (Å²) in [5.41, 5.74) is 0.800. The number of sulfonamides is 1. The summed E-state index contributed by atoms with van der Waals surface area (Å²) in [6, 6.07) is 1.60. The largest absolute Gasteiger partial charge is 0.480 e. The number of carboxylic acids is 1. The highest BCUT2D eigenvalue weighted by Gasteiger charge is 2.19. The Kier molecular flexibility index (Phi) is 3.98. The lowest BCUT2D eigenvalue weighted by molar-refractivity contribution is -0.137. The highest BCUT2D eigenvalue weighted by Crippen LogP contribution is 2.18. The summed E-state index contributed by atoms with van der Waals surface area (Å²) in [6.45, 7) is 3.48. The molecule has 0 saturated carbocycles. The van der Waals surface area contributed by atoms with Crippen molar-refractivity contribution >= 4 is 21.8 Å². The molecule has 114 valence electrons. The van der Waals surface area contributed by atoms with E-state index in [0.717, 1.165) is 22.8 Å². The van der Waals surface area contributed by atoms with Gasteiger partial charge in [0, 0.05) is 18.0 Å². The Balaban J connectivity index is 2.17. The zero-order valence-electron chi connectivity index (χ0n) is 11.4. The Bertz CT molecular complexity index is 746. The second-order valence-corrected chi connectivity index (χ2v) is 6.42. The van der Waals surface area contributed by atoms with Crippen molar-refractivity contribution in [3.05, 3.63) is 24.2 Å². The topological polar surface area (TPSA) is 130 Å². The number of aromatic nitrogens is 4. The van der Waals surface area contributed by atoms with E-state index in [2.05, 4.69) is 20.0 Å². The van der Waals surface area contributed by atoms with Crippen molar-refractivity contribution in [1.29, 1.82) is 0 Å². The molecule has 0 amide bonds. The van der Waals surface area contributed by atoms with E-state index in [9.17, 15) is 13.2 Å². The summed E-state index contributed by atoms with van der Waals surface area (Å²) in [5.74, 6) is -0.748. The van der Waals surface area contributed by atoms with Crippen molar-refractivity contribution in [3.8, 4) is 0 Å². The molecule has 9 nitrogen and oxygen atoms in total. The number of carbonyl (C=O) groups is 1. The molecule has 0 aliphatic rings. The molecule has 0 aliphatic heterocycles. The molecule has 0 atom stereocenters. The SMILES string of the molecule is CC(C)c1cc(NS(=O)(=O)c2cnn(CC(=O)O)c2)n[nH]1. The second kappa shape index (κ2) is 5.56. The first-order chi connectivity index (χ1) is 9.78. The number of nitrogens with zero attached hydrogens (tertiary/aromatic N) is 3. The molecule has 3 N–H and O–H groups in total. The molecule has 0 fully saturated rings. The van der Waals surface area contributed by atoms with Crippen molar-refractivity contribution in [2.24, 2.45) is 0 Å². The van der Waals surface area contributed by atoms with Crippen molar-refractivity contribution < 1.29 is 18.3 Å². The lowest BCUT2D eigenvalue weighted by Crippen LogP contribution is -2.13. The smallest absolute Gasteiger partial charge is 0.325 e. The van der Waals surface area contributed by atoms with Gasteiger partial charge in [-0.15, -0.1) is 0 Å². The van der Waals surface area contributed by atoms with E-state index in [1.165, 1.54) is 0 Å². The van der Waals surface area contributed by atoms with Gasteiger partial charge in [0.05, 0.1) is 6.20 Å². The van der Waals surface area contributed by atoms with Gasteiger partial charge >= 0.3 is 5.97 Å². The van der Waals surface area contributed by atoms with E-state index in [4.69, 9.17) is 5.11 Å². The molecule has 2 aromatic rings. The third-order valence-corrected chi connectivity index (χ3v) is 3.99. The summed E-state index contributed by atoms with van der Waals surface area (Å²) >= 11 is 0. The van der Waals surface area contributed by atoms with Gasteiger partial charge in [0.15, 0.2) is 5.82 Å². The minimum atomic E-state index is -3.85. The predicted molar refractivity (Wildman–Crippen MR) is 73.3 cm³/mol. The minimum Gasteiger partial charge on any atom is -0.480 e. The van der Waals surface area contributed by atoms with Gasteiger partial charge in [0.25, 0.3) is 10.0 Å². The van der Waals surface area contributed by atoms with Gasteiger partial charge in [-0.2, -0.15) is 10.2 Å². The van der Waals surface area contributed by atoms with Crippen molar-refractivity contribution in [1.82, 2.24) is 20.0 Å². The van der Waals surface area contributed by atoms with Crippen LogP contribution in [0.3, 0.4) is 0 Å². The van der Waals surface area contributed by atoms with Crippen LogP contribution in [-0.2, 0) is 21.4 Å². The summed E-state index contributed by atoms with van der Waals surface area (Å²) in [7, 11) is -3.85. The third-order valence-electron chi connectivity index (χ3n) is 2.68. The molecule has 0 aromatic carbocycles. The van der Waals surface area contributed by atoms with Gasteiger partial charge in [-0.1, -0.05) is 13.8 Å². The summed E-state index contributed by atoms with van der Waals surface area (Å²) < 4.78 is 27.6. The number of anilines is 1. The number of carboxylic acid groups (broad SMARTS) is 1. The molecule has 2 aromatic heterocycles. The van der Waals surface area contributed by atoms with E-state index in [0.29, 0.717) is 0 Å². The van der Waals surface area contributed by atoms with Crippen LogP contribution in [0, 0.1) is 0 Å². The van der Waals surface area contributed by atoms with Crippen molar-refractivity contribution in [3.63, 3.8) is 0 Å². The fraction of sp³-hybridized carbons (Fsp3) is 0.364. The number of H-pyrrole nitrogens is 1. The highest BCUT2D eigenvalue weighted by atomic mass is 32.2. The standard InChI is InChI=1S/C11H15N5O4S/c1-7(2)9-3-10(14-13-9)15-21(19,20)8-4-12-16(5-8)6-11(17)18/h3-5,7H,6H2,1-2H3,(H,17,18)(H2,13,14,15). The monoisotopic (exact) mass is 313 g/mol. The second-order valence-electron chi connectivity index (χ2n) is 4.74. The van der Waals surface area contributed by atoms with Crippen LogP contribution in [0.25, 0.3) is 0 Å².